The van der Waals surface area contributed by atoms with Gasteiger partial charge in [0.2, 0.25) is 10.0 Å². The lowest BCUT2D eigenvalue weighted by molar-refractivity contribution is 0.550. The summed E-state index contributed by atoms with van der Waals surface area (Å²) in [4.78, 5) is 0. The molecule has 0 bridgehead atoms. The van der Waals surface area contributed by atoms with Gasteiger partial charge in [0.15, 0.2) is 0 Å². The third-order valence-corrected chi connectivity index (χ3v) is 4.42. The number of sulfonamides is 1. The van der Waals surface area contributed by atoms with Gasteiger partial charge in [0.25, 0.3) is 0 Å². The molecule has 0 fully saturated rings. The van der Waals surface area contributed by atoms with Crippen LogP contribution in [0.4, 0.5) is 5.69 Å². The van der Waals surface area contributed by atoms with Crippen LogP contribution in [-0.4, -0.2) is 26.8 Å². The van der Waals surface area contributed by atoms with Crippen LogP contribution in [0.2, 0.25) is 0 Å². The van der Waals surface area contributed by atoms with Gasteiger partial charge < -0.3 is 5.32 Å². The van der Waals surface area contributed by atoms with Crippen molar-refractivity contribution < 1.29 is 8.42 Å². The SMILES string of the molecule is CCS(=O)(=O)NC1CNc2ccc(C#N)cc2C1. The van der Waals surface area contributed by atoms with E-state index >= 15 is 0 Å². The van der Waals surface area contributed by atoms with Crippen molar-refractivity contribution in [2.45, 2.75) is 19.4 Å². The van der Waals surface area contributed by atoms with E-state index < -0.39 is 10.0 Å². The first-order valence-electron chi connectivity index (χ1n) is 5.81. The lowest BCUT2D eigenvalue weighted by Gasteiger charge is -2.26. The maximum absolute atomic E-state index is 11.5. The number of benzene rings is 1. The van der Waals surface area contributed by atoms with Gasteiger partial charge in [-0.3, -0.25) is 0 Å². The first kappa shape index (κ1) is 12.9. The van der Waals surface area contributed by atoms with Crippen molar-refractivity contribution in [3.63, 3.8) is 0 Å². The minimum Gasteiger partial charge on any atom is -0.383 e. The van der Waals surface area contributed by atoms with Gasteiger partial charge in [-0.25, -0.2) is 13.1 Å². The molecule has 0 aliphatic carbocycles. The van der Waals surface area contributed by atoms with Crippen LogP contribution in [0, 0.1) is 11.3 Å². The molecular formula is C12H15N3O2S. The summed E-state index contributed by atoms with van der Waals surface area (Å²) >= 11 is 0. The highest BCUT2D eigenvalue weighted by Crippen LogP contribution is 2.23. The summed E-state index contributed by atoms with van der Waals surface area (Å²) in [7, 11) is -3.19. The van der Waals surface area contributed by atoms with Crippen LogP contribution in [0.15, 0.2) is 18.2 Å². The number of rotatable bonds is 3. The van der Waals surface area contributed by atoms with E-state index in [4.69, 9.17) is 5.26 Å². The van der Waals surface area contributed by atoms with Crippen LogP contribution in [-0.2, 0) is 16.4 Å². The number of hydrogen-bond acceptors (Lipinski definition) is 4. The van der Waals surface area contributed by atoms with Crippen LogP contribution < -0.4 is 10.0 Å². The second kappa shape index (κ2) is 4.96. The van der Waals surface area contributed by atoms with Crippen LogP contribution in [0.25, 0.3) is 0 Å². The number of nitrogens with zero attached hydrogens (tertiary/aromatic N) is 1. The van der Waals surface area contributed by atoms with Crippen LogP contribution in [0.1, 0.15) is 18.1 Å². The second-order valence-electron chi connectivity index (χ2n) is 4.29. The molecule has 0 spiro atoms. The highest BCUT2D eigenvalue weighted by molar-refractivity contribution is 7.89. The molecular weight excluding hydrogens is 250 g/mol. The van der Waals surface area contributed by atoms with Crippen molar-refractivity contribution in [2.24, 2.45) is 0 Å². The van der Waals surface area contributed by atoms with E-state index in [2.05, 4.69) is 16.1 Å². The molecule has 1 unspecified atom stereocenters. The average molecular weight is 265 g/mol. The summed E-state index contributed by atoms with van der Waals surface area (Å²) in [6.07, 6.45) is 0.608. The zero-order valence-corrected chi connectivity index (χ0v) is 10.9. The number of anilines is 1. The molecule has 96 valence electrons. The molecule has 5 nitrogen and oxygen atoms in total. The second-order valence-corrected chi connectivity index (χ2v) is 6.33. The minimum atomic E-state index is -3.19. The topological polar surface area (TPSA) is 82.0 Å². The largest absolute Gasteiger partial charge is 0.383 e. The fraction of sp³-hybridized carbons (Fsp3) is 0.417. The van der Waals surface area contributed by atoms with Crippen LogP contribution in [0.5, 0.6) is 0 Å². The van der Waals surface area contributed by atoms with Crippen molar-refractivity contribution in [1.82, 2.24) is 4.72 Å². The summed E-state index contributed by atoms with van der Waals surface area (Å²) in [6, 6.07) is 7.34. The fourth-order valence-electron chi connectivity index (χ4n) is 2.00. The molecule has 18 heavy (non-hydrogen) atoms. The predicted octanol–water partition coefficient (Wildman–Crippen LogP) is 0.834. The Balaban J connectivity index is 2.17. The standard InChI is InChI=1S/C12H15N3O2S/c1-2-18(16,17)15-11-6-10-5-9(7-13)3-4-12(10)14-8-11/h3-5,11,14-15H,2,6,8H2,1H3. The number of hydrogen-bond donors (Lipinski definition) is 2. The molecule has 2 N–H and O–H groups in total. The van der Waals surface area contributed by atoms with Crippen molar-refractivity contribution in [2.75, 3.05) is 17.6 Å². The van der Waals surface area contributed by atoms with Gasteiger partial charge in [-0.1, -0.05) is 0 Å². The summed E-state index contributed by atoms with van der Waals surface area (Å²) in [6.45, 7) is 2.18. The normalized spacial score (nSPS) is 18.6. The predicted molar refractivity (Wildman–Crippen MR) is 69.7 cm³/mol. The number of nitriles is 1. The summed E-state index contributed by atoms with van der Waals surface area (Å²) in [5, 5.41) is 12.0. The zero-order chi connectivity index (χ0) is 13.2. The molecule has 1 aromatic carbocycles. The van der Waals surface area contributed by atoms with E-state index in [1.54, 1.807) is 19.1 Å². The van der Waals surface area contributed by atoms with E-state index in [0.29, 0.717) is 18.5 Å². The summed E-state index contributed by atoms with van der Waals surface area (Å²) < 4.78 is 25.7. The molecule has 0 radical (unpaired) electrons. The Morgan fingerprint density at radius 1 is 1.56 bits per heavy atom. The Kier molecular flexibility index (Phi) is 3.55. The minimum absolute atomic E-state index is 0.0780. The third kappa shape index (κ3) is 2.81. The Morgan fingerprint density at radius 3 is 3.00 bits per heavy atom. The molecule has 0 saturated heterocycles. The quantitative estimate of drug-likeness (QED) is 0.848. The van der Waals surface area contributed by atoms with Gasteiger partial charge in [0.05, 0.1) is 17.4 Å². The lowest BCUT2D eigenvalue weighted by atomic mass is 9.98. The van der Waals surface area contributed by atoms with Gasteiger partial charge in [0, 0.05) is 18.3 Å². The molecule has 1 aliphatic heterocycles. The molecule has 1 heterocycles. The molecule has 1 aromatic rings. The molecule has 1 aliphatic rings. The van der Waals surface area contributed by atoms with E-state index in [1.165, 1.54) is 0 Å². The molecule has 0 aromatic heterocycles. The van der Waals surface area contributed by atoms with E-state index in [0.717, 1.165) is 11.3 Å². The Morgan fingerprint density at radius 2 is 2.33 bits per heavy atom. The Bertz CT molecular complexity index is 590. The van der Waals surface area contributed by atoms with E-state index in [-0.39, 0.29) is 11.8 Å². The maximum Gasteiger partial charge on any atom is 0.211 e. The molecule has 2 rings (SSSR count). The van der Waals surface area contributed by atoms with Crippen molar-refractivity contribution in [1.29, 1.82) is 5.26 Å². The van der Waals surface area contributed by atoms with E-state index in [9.17, 15) is 8.42 Å². The van der Waals surface area contributed by atoms with Gasteiger partial charge in [-0.15, -0.1) is 0 Å². The molecule has 0 amide bonds. The van der Waals surface area contributed by atoms with Crippen molar-refractivity contribution in [3.05, 3.63) is 29.3 Å². The monoisotopic (exact) mass is 265 g/mol. The first-order chi connectivity index (χ1) is 8.54. The average Bonchev–Trinajstić information content (AvgIpc) is 2.37. The molecule has 0 saturated carbocycles. The maximum atomic E-state index is 11.5. The van der Waals surface area contributed by atoms with Crippen LogP contribution in [0.3, 0.4) is 0 Å². The highest BCUT2D eigenvalue weighted by Gasteiger charge is 2.22. The lowest BCUT2D eigenvalue weighted by Crippen LogP contribution is -2.44. The van der Waals surface area contributed by atoms with E-state index in [1.807, 2.05) is 6.07 Å². The fourth-order valence-corrected chi connectivity index (χ4v) is 2.84. The van der Waals surface area contributed by atoms with Crippen molar-refractivity contribution in [3.8, 4) is 6.07 Å². The van der Waals surface area contributed by atoms with Gasteiger partial charge >= 0.3 is 0 Å². The van der Waals surface area contributed by atoms with Crippen molar-refractivity contribution >= 4 is 15.7 Å². The summed E-state index contributed by atoms with van der Waals surface area (Å²) in [5.74, 6) is 0.0780. The van der Waals surface area contributed by atoms with Gasteiger partial charge in [-0.2, -0.15) is 5.26 Å². The Hall–Kier alpha value is -1.58. The van der Waals surface area contributed by atoms with Gasteiger partial charge in [-0.05, 0) is 37.1 Å². The number of fused-ring (bicyclic) bond motifs is 1. The van der Waals surface area contributed by atoms with Gasteiger partial charge in [0.1, 0.15) is 0 Å². The smallest absolute Gasteiger partial charge is 0.211 e. The molecule has 1 atom stereocenters. The number of nitrogens with one attached hydrogen (secondary N) is 2. The zero-order valence-electron chi connectivity index (χ0n) is 10.1. The molecule has 6 heteroatoms. The summed E-state index contributed by atoms with van der Waals surface area (Å²) in [5.41, 5.74) is 2.54. The highest BCUT2D eigenvalue weighted by atomic mass is 32.2. The third-order valence-electron chi connectivity index (χ3n) is 2.97. The Labute approximate surface area is 107 Å². The first-order valence-corrected chi connectivity index (χ1v) is 7.46. The van der Waals surface area contributed by atoms with Crippen LogP contribution >= 0.6 is 0 Å².